The fourth-order valence-corrected chi connectivity index (χ4v) is 1.41. The molecule has 8 heteroatoms. The monoisotopic (exact) mass is 287 g/mol. The van der Waals surface area contributed by atoms with Crippen molar-refractivity contribution in [1.29, 1.82) is 0 Å². The number of hydrogen-bond acceptors (Lipinski definition) is 6. The molecule has 1 amide bonds. The van der Waals surface area contributed by atoms with Crippen LogP contribution >= 0.6 is 11.6 Å². The number of methoxy groups -OCH3 is 1. The second-order valence-corrected chi connectivity index (χ2v) is 4.02. The molecule has 1 heterocycles. The Kier molecular flexibility index (Phi) is 6.91. The molecule has 0 unspecified atom stereocenters. The quantitative estimate of drug-likeness (QED) is 0.611. The van der Waals surface area contributed by atoms with Crippen molar-refractivity contribution < 1.29 is 9.53 Å². The summed E-state index contributed by atoms with van der Waals surface area (Å²) in [7, 11) is 1.58. The predicted molar refractivity (Wildman–Crippen MR) is 74.6 cm³/mol. The number of nitrogens with zero attached hydrogens (tertiary/aromatic N) is 2. The zero-order valence-electron chi connectivity index (χ0n) is 11.0. The van der Waals surface area contributed by atoms with Crippen LogP contribution in [-0.2, 0) is 9.53 Å². The van der Waals surface area contributed by atoms with Crippen molar-refractivity contribution in [1.82, 2.24) is 15.3 Å². The highest BCUT2D eigenvalue weighted by Gasteiger charge is 2.07. The summed E-state index contributed by atoms with van der Waals surface area (Å²) < 4.78 is 4.83. The fraction of sp³-hybridized carbons (Fsp3) is 0.545. The third-order valence-corrected chi connectivity index (χ3v) is 2.40. The van der Waals surface area contributed by atoms with Gasteiger partial charge in [-0.15, -0.1) is 0 Å². The third-order valence-electron chi connectivity index (χ3n) is 2.12. The van der Waals surface area contributed by atoms with Gasteiger partial charge in [-0.3, -0.25) is 4.79 Å². The smallest absolute Gasteiger partial charge is 0.239 e. The van der Waals surface area contributed by atoms with Gasteiger partial charge in [0.1, 0.15) is 5.02 Å². The van der Waals surface area contributed by atoms with Crippen LogP contribution in [0, 0.1) is 0 Å². The van der Waals surface area contributed by atoms with Crippen molar-refractivity contribution >= 4 is 29.3 Å². The lowest BCUT2D eigenvalue weighted by atomic mass is 10.5. The van der Waals surface area contributed by atoms with E-state index in [1.165, 1.54) is 6.20 Å². The number of aromatic nitrogens is 2. The van der Waals surface area contributed by atoms with Gasteiger partial charge in [0.25, 0.3) is 0 Å². The van der Waals surface area contributed by atoms with Crippen LogP contribution in [0.4, 0.5) is 11.8 Å². The van der Waals surface area contributed by atoms with Crippen molar-refractivity contribution in [3.05, 3.63) is 11.2 Å². The molecule has 1 aromatic rings. The maximum atomic E-state index is 11.5. The number of anilines is 2. The molecule has 0 aliphatic rings. The first-order valence-electron chi connectivity index (χ1n) is 5.93. The number of ether oxygens (including phenoxy) is 1. The highest BCUT2D eigenvalue weighted by atomic mass is 35.5. The standard InChI is InChI=1S/C11H18ClN5O2/c1-3-13-11-16-6-8(12)10(17-11)15-7-9(18)14-4-5-19-2/h6H,3-5,7H2,1-2H3,(H,14,18)(H2,13,15,16,17). The number of carbonyl (C=O) groups is 1. The van der Waals surface area contributed by atoms with Gasteiger partial charge in [-0.2, -0.15) is 4.98 Å². The number of hydrogen-bond donors (Lipinski definition) is 3. The van der Waals surface area contributed by atoms with Crippen LogP contribution in [0.2, 0.25) is 5.02 Å². The molecule has 1 rings (SSSR count). The van der Waals surface area contributed by atoms with E-state index in [9.17, 15) is 4.79 Å². The first-order chi connectivity index (χ1) is 9.17. The van der Waals surface area contributed by atoms with Crippen LogP contribution in [0.15, 0.2) is 6.20 Å². The number of rotatable bonds is 8. The van der Waals surface area contributed by atoms with Gasteiger partial charge in [0, 0.05) is 20.2 Å². The summed E-state index contributed by atoms with van der Waals surface area (Å²) in [6.45, 7) is 3.68. The highest BCUT2D eigenvalue weighted by Crippen LogP contribution is 2.18. The minimum absolute atomic E-state index is 0.0893. The van der Waals surface area contributed by atoms with Gasteiger partial charge in [0.2, 0.25) is 11.9 Å². The molecular weight excluding hydrogens is 270 g/mol. The van der Waals surface area contributed by atoms with Gasteiger partial charge in [-0.25, -0.2) is 4.98 Å². The second-order valence-electron chi connectivity index (χ2n) is 3.62. The Morgan fingerprint density at radius 1 is 1.47 bits per heavy atom. The predicted octanol–water partition coefficient (Wildman–Crippen LogP) is 0.736. The Labute approximate surface area is 117 Å². The van der Waals surface area contributed by atoms with Crippen molar-refractivity contribution in [2.45, 2.75) is 6.92 Å². The first kappa shape index (κ1) is 15.5. The van der Waals surface area contributed by atoms with E-state index in [1.807, 2.05) is 6.92 Å². The Morgan fingerprint density at radius 3 is 2.95 bits per heavy atom. The van der Waals surface area contributed by atoms with E-state index in [4.69, 9.17) is 16.3 Å². The van der Waals surface area contributed by atoms with Crippen LogP contribution in [0.5, 0.6) is 0 Å². The molecule has 3 N–H and O–H groups in total. The molecule has 0 bridgehead atoms. The summed E-state index contributed by atoms with van der Waals surface area (Å²) in [5.41, 5.74) is 0. The van der Waals surface area contributed by atoms with Crippen LogP contribution in [0.3, 0.4) is 0 Å². The molecule has 7 nitrogen and oxygen atoms in total. The topological polar surface area (TPSA) is 88.2 Å². The average Bonchev–Trinajstić information content (AvgIpc) is 2.40. The summed E-state index contributed by atoms with van der Waals surface area (Å²) in [5, 5.41) is 8.88. The Hall–Kier alpha value is -1.60. The van der Waals surface area contributed by atoms with E-state index >= 15 is 0 Å². The lowest BCUT2D eigenvalue weighted by Gasteiger charge is -2.09. The van der Waals surface area contributed by atoms with Crippen molar-refractivity contribution in [3.8, 4) is 0 Å². The van der Waals surface area contributed by atoms with Gasteiger partial charge in [-0.1, -0.05) is 11.6 Å². The van der Waals surface area contributed by atoms with E-state index in [0.29, 0.717) is 36.5 Å². The molecule has 0 spiro atoms. The van der Waals surface area contributed by atoms with Gasteiger partial charge < -0.3 is 20.7 Å². The molecular formula is C11H18ClN5O2. The average molecular weight is 288 g/mol. The van der Waals surface area contributed by atoms with Crippen LogP contribution in [0.1, 0.15) is 6.92 Å². The molecule has 19 heavy (non-hydrogen) atoms. The Bertz CT molecular complexity index is 416. The maximum Gasteiger partial charge on any atom is 0.239 e. The zero-order chi connectivity index (χ0) is 14.1. The Balaban J connectivity index is 2.47. The van der Waals surface area contributed by atoms with E-state index < -0.39 is 0 Å². The molecule has 0 saturated heterocycles. The number of amides is 1. The molecule has 0 saturated carbocycles. The third kappa shape index (κ3) is 5.71. The number of halogens is 1. The molecule has 106 valence electrons. The summed E-state index contributed by atoms with van der Waals surface area (Å²) in [5.74, 6) is 0.737. The minimum atomic E-state index is -0.156. The van der Waals surface area contributed by atoms with Crippen LogP contribution < -0.4 is 16.0 Å². The summed E-state index contributed by atoms with van der Waals surface area (Å²) in [6.07, 6.45) is 1.48. The molecule has 0 aliphatic carbocycles. The van der Waals surface area contributed by atoms with Crippen molar-refractivity contribution in [3.63, 3.8) is 0 Å². The van der Waals surface area contributed by atoms with Gasteiger partial charge >= 0.3 is 0 Å². The van der Waals surface area contributed by atoms with E-state index in [0.717, 1.165) is 0 Å². The second kappa shape index (κ2) is 8.49. The van der Waals surface area contributed by atoms with Gasteiger partial charge in [0.15, 0.2) is 5.82 Å². The van der Waals surface area contributed by atoms with Gasteiger partial charge in [0.05, 0.1) is 19.3 Å². The summed E-state index contributed by atoms with van der Waals surface area (Å²) >= 11 is 5.94. The maximum absolute atomic E-state index is 11.5. The number of carbonyl (C=O) groups excluding carboxylic acids is 1. The van der Waals surface area contributed by atoms with Crippen molar-refractivity contribution in [2.24, 2.45) is 0 Å². The largest absolute Gasteiger partial charge is 0.383 e. The SMILES string of the molecule is CCNc1ncc(Cl)c(NCC(=O)NCCOC)n1. The zero-order valence-corrected chi connectivity index (χ0v) is 11.8. The van der Waals surface area contributed by atoms with E-state index in [-0.39, 0.29) is 12.5 Å². The molecule has 0 radical (unpaired) electrons. The lowest BCUT2D eigenvalue weighted by Crippen LogP contribution is -2.32. The van der Waals surface area contributed by atoms with E-state index in [1.54, 1.807) is 7.11 Å². The van der Waals surface area contributed by atoms with Crippen LogP contribution in [0.25, 0.3) is 0 Å². The molecule has 0 atom stereocenters. The van der Waals surface area contributed by atoms with Gasteiger partial charge in [-0.05, 0) is 6.92 Å². The molecule has 1 aromatic heterocycles. The number of nitrogens with one attached hydrogen (secondary N) is 3. The molecule has 0 fully saturated rings. The fourth-order valence-electron chi connectivity index (χ4n) is 1.25. The van der Waals surface area contributed by atoms with E-state index in [2.05, 4.69) is 25.9 Å². The highest BCUT2D eigenvalue weighted by molar-refractivity contribution is 6.32. The molecule has 0 aliphatic heterocycles. The lowest BCUT2D eigenvalue weighted by molar-refractivity contribution is -0.119. The Morgan fingerprint density at radius 2 is 2.26 bits per heavy atom. The first-order valence-corrected chi connectivity index (χ1v) is 6.31. The normalized spacial score (nSPS) is 10.1. The summed E-state index contributed by atoms with van der Waals surface area (Å²) in [6, 6.07) is 0. The van der Waals surface area contributed by atoms with Crippen molar-refractivity contribution in [2.75, 3.05) is 44.0 Å². The molecule has 0 aromatic carbocycles. The minimum Gasteiger partial charge on any atom is -0.383 e. The van der Waals surface area contributed by atoms with Crippen LogP contribution in [-0.4, -0.2) is 49.2 Å². The summed E-state index contributed by atoms with van der Waals surface area (Å²) in [4.78, 5) is 19.6.